The molecular formula is C57H45N. The summed E-state index contributed by atoms with van der Waals surface area (Å²) < 4.78 is 0. The summed E-state index contributed by atoms with van der Waals surface area (Å²) in [5.41, 5.74) is 13.9. The molecule has 58 heavy (non-hydrogen) atoms. The maximum atomic E-state index is 4.87. The van der Waals surface area contributed by atoms with Crippen LogP contribution in [0.3, 0.4) is 0 Å². The Morgan fingerprint density at radius 1 is 0.569 bits per heavy atom. The van der Waals surface area contributed by atoms with E-state index in [1.54, 1.807) is 0 Å². The maximum absolute atomic E-state index is 4.87. The third-order valence-corrected chi connectivity index (χ3v) is 12.1. The predicted molar refractivity (Wildman–Crippen MR) is 248 cm³/mol. The number of anilines is 2. The van der Waals surface area contributed by atoms with Crippen LogP contribution in [0.4, 0.5) is 11.4 Å². The number of allylic oxidation sites excluding steroid dienone is 12. The van der Waals surface area contributed by atoms with Crippen molar-refractivity contribution in [3.8, 4) is 11.1 Å². The van der Waals surface area contributed by atoms with Gasteiger partial charge < -0.3 is 4.90 Å². The topological polar surface area (TPSA) is 3.24 Å². The summed E-state index contributed by atoms with van der Waals surface area (Å²) in [5, 5.41) is 4.92. The van der Waals surface area contributed by atoms with E-state index in [0.717, 1.165) is 48.3 Å². The van der Waals surface area contributed by atoms with E-state index in [1.807, 2.05) is 0 Å². The van der Waals surface area contributed by atoms with E-state index >= 15 is 0 Å². The molecule has 0 spiro atoms. The molecule has 10 rings (SSSR count). The Bertz CT molecular complexity index is 2900. The van der Waals surface area contributed by atoms with E-state index in [0.29, 0.717) is 0 Å². The molecule has 0 amide bonds. The van der Waals surface area contributed by atoms with Gasteiger partial charge in [0, 0.05) is 16.9 Å². The van der Waals surface area contributed by atoms with Crippen LogP contribution >= 0.6 is 0 Å². The van der Waals surface area contributed by atoms with Crippen LogP contribution in [0.25, 0.3) is 43.8 Å². The molecule has 7 aromatic rings. The molecule has 1 unspecified atom stereocenters. The van der Waals surface area contributed by atoms with Gasteiger partial charge in [0.15, 0.2) is 0 Å². The molecule has 3 aliphatic carbocycles. The SMILES string of the molecule is C=C(/C=C\C1=CC(C2=CCCC=C2)(c2ccccc2)c2ccccc21)N(c1ccc2ccc3ccccc3c2c1)c1ccc(C2=CCCC=C2)cc1-c1ccccc1. The van der Waals surface area contributed by atoms with Gasteiger partial charge in [0.1, 0.15) is 0 Å². The van der Waals surface area contributed by atoms with Crippen molar-refractivity contribution in [1.82, 2.24) is 0 Å². The zero-order valence-electron chi connectivity index (χ0n) is 32.7. The van der Waals surface area contributed by atoms with Crippen molar-refractivity contribution >= 4 is 44.1 Å². The smallest absolute Gasteiger partial charge is 0.0643 e. The van der Waals surface area contributed by atoms with Crippen molar-refractivity contribution in [3.05, 3.63) is 253 Å². The molecule has 0 saturated carbocycles. The molecule has 0 saturated heterocycles. The van der Waals surface area contributed by atoms with Gasteiger partial charge in [-0.05, 0) is 122 Å². The van der Waals surface area contributed by atoms with Crippen LogP contribution < -0.4 is 4.90 Å². The Morgan fingerprint density at radius 3 is 2.07 bits per heavy atom. The number of benzene rings is 7. The highest BCUT2D eigenvalue weighted by atomic mass is 15.1. The fourth-order valence-corrected chi connectivity index (χ4v) is 9.29. The molecule has 278 valence electrons. The van der Waals surface area contributed by atoms with E-state index in [4.69, 9.17) is 6.58 Å². The van der Waals surface area contributed by atoms with Crippen molar-refractivity contribution < 1.29 is 0 Å². The van der Waals surface area contributed by atoms with Crippen LogP contribution in [0.2, 0.25) is 0 Å². The number of rotatable bonds is 9. The van der Waals surface area contributed by atoms with Crippen molar-refractivity contribution in [2.24, 2.45) is 0 Å². The van der Waals surface area contributed by atoms with Gasteiger partial charge in [0.2, 0.25) is 0 Å². The summed E-state index contributed by atoms with van der Waals surface area (Å²) in [5.74, 6) is 0. The average Bonchev–Trinajstić information content (AvgIpc) is 3.65. The minimum atomic E-state index is -0.382. The zero-order valence-corrected chi connectivity index (χ0v) is 32.7. The highest BCUT2D eigenvalue weighted by molar-refractivity contribution is 6.09. The summed E-state index contributed by atoms with van der Waals surface area (Å²) in [6.45, 7) is 4.87. The molecule has 1 nitrogen and oxygen atoms in total. The first-order valence-corrected chi connectivity index (χ1v) is 20.6. The monoisotopic (exact) mass is 743 g/mol. The molecular weight excluding hydrogens is 699 g/mol. The van der Waals surface area contributed by atoms with Crippen molar-refractivity contribution in [3.63, 3.8) is 0 Å². The standard InChI is InChI=1S/C57H45N/c1-41(30-31-47-40-57(48-23-10-4-11-24-48,49-25-12-5-13-26-49)55-29-17-16-28-52(47)55)58(50-36-34-45-33-32-44-22-14-15-27-51(44)53(45)39-50)56-37-35-46(42-18-6-2-7-19-42)38-54(56)43-20-8-3-9-21-43/h3-4,6,8-12,14-40H,1-2,5,7,13H2/b31-30-. The van der Waals surface area contributed by atoms with Crippen molar-refractivity contribution in [1.29, 1.82) is 0 Å². The summed E-state index contributed by atoms with van der Waals surface area (Å²) in [4.78, 5) is 2.35. The Balaban J connectivity index is 1.15. The van der Waals surface area contributed by atoms with Gasteiger partial charge >= 0.3 is 0 Å². The quantitative estimate of drug-likeness (QED) is 0.105. The van der Waals surface area contributed by atoms with E-state index in [9.17, 15) is 0 Å². The van der Waals surface area contributed by atoms with Crippen LogP contribution in [-0.2, 0) is 5.41 Å². The highest BCUT2D eigenvalue weighted by Gasteiger charge is 2.41. The molecule has 0 fully saturated rings. The largest absolute Gasteiger partial charge is 0.310 e. The molecule has 0 aliphatic heterocycles. The lowest BCUT2D eigenvalue weighted by molar-refractivity contribution is 0.774. The number of fused-ring (bicyclic) bond motifs is 4. The predicted octanol–water partition coefficient (Wildman–Crippen LogP) is 15.3. The minimum absolute atomic E-state index is 0.382. The lowest BCUT2D eigenvalue weighted by atomic mass is 9.69. The molecule has 0 radical (unpaired) electrons. The van der Waals surface area contributed by atoms with Crippen LogP contribution in [0, 0.1) is 0 Å². The van der Waals surface area contributed by atoms with Gasteiger partial charge in [-0.2, -0.15) is 0 Å². The van der Waals surface area contributed by atoms with Crippen LogP contribution in [0.1, 0.15) is 47.9 Å². The molecule has 3 aliphatic rings. The van der Waals surface area contributed by atoms with E-state index in [-0.39, 0.29) is 5.41 Å². The van der Waals surface area contributed by atoms with Gasteiger partial charge in [-0.25, -0.2) is 0 Å². The molecule has 1 heteroatoms. The second-order valence-electron chi connectivity index (χ2n) is 15.5. The fourth-order valence-electron chi connectivity index (χ4n) is 9.29. The average molecular weight is 744 g/mol. The second-order valence-corrected chi connectivity index (χ2v) is 15.5. The summed E-state index contributed by atoms with van der Waals surface area (Å²) in [7, 11) is 0. The number of nitrogens with zero attached hydrogens (tertiary/aromatic N) is 1. The molecule has 0 N–H and O–H groups in total. The molecule has 1 atom stereocenters. The Labute approximate surface area is 342 Å². The Morgan fingerprint density at radius 2 is 1.28 bits per heavy atom. The Kier molecular flexibility index (Phi) is 9.28. The van der Waals surface area contributed by atoms with Gasteiger partial charge in [-0.1, -0.05) is 189 Å². The summed E-state index contributed by atoms with van der Waals surface area (Å²) in [6, 6.07) is 57.6. The van der Waals surface area contributed by atoms with Gasteiger partial charge in [-0.3, -0.25) is 0 Å². The van der Waals surface area contributed by atoms with Gasteiger partial charge in [0.05, 0.1) is 11.1 Å². The molecule has 0 heterocycles. The fraction of sp³-hybridized carbons (Fsp3) is 0.0877. The molecule has 7 aromatic carbocycles. The lowest BCUT2D eigenvalue weighted by Crippen LogP contribution is -2.26. The van der Waals surface area contributed by atoms with E-state index < -0.39 is 0 Å². The normalized spacial score (nSPS) is 17.3. The van der Waals surface area contributed by atoms with Gasteiger partial charge in [0.25, 0.3) is 0 Å². The number of hydrogen-bond acceptors (Lipinski definition) is 1. The maximum Gasteiger partial charge on any atom is 0.0643 e. The zero-order chi connectivity index (χ0) is 38.9. The van der Waals surface area contributed by atoms with Gasteiger partial charge in [-0.15, -0.1) is 0 Å². The van der Waals surface area contributed by atoms with E-state index in [1.165, 1.54) is 66.1 Å². The molecule has 0 aromatic heterocycles. The number of hydrogen-bond donors (Lipinski definition) is 0. The van der Waals surface area contributed by atoms with Crippen molar-refractivity contribution in [2.75, 3.05) is 4.90 Å². The first kappa shape index (κ1) is 35.5. The Hall–Kier alpha value is -6.96. The summed E-state index contributed by atoms with van der Waals surface area (Å²) >= 11 is 0. The van der Waals surface area contributed by atoms with E-state index in [2.05, 4.69) is 217 Å². The first-order valence-electron chi connectivity index (χ1n) is 20.6. The van der Waals surface area contributed by atoms with Crippen LogP contribution in [0.5, 0.6) is 0 Å². The highest BCUT2D eigenvalue weighted by Crippen LogP contribution is 2.51. The molecule has 0 bridgehead atoms. The van der Waals surface area contributed by atoms with Crippen LogP contribution in [0.15, 0.2) is 230 Å². The summed E-state index contributed by atoms with van der Waals surface area (Å²) in [6.07, 6.45) is 25.3. The van der Waals surface area contributed by atoms with Crippen LogP contribution in [-0.4, -0.2) is 0 Å². The lowest BCUT2D eigenvalue weighted by Gasteiger charge is -2.33. The third kappa shape index (κ3) is 6.30. The second kappa shape index (κ2) is 15.2. The first-order chi connectivity index (χ1) is 28.7. The minimum Gasteiger partial charge on any atom is -0.310 e. The van der Waals surface area contributed by atoms with Crippen molar-refractivity contribution in [2.45, 2.75) is 31.1 Å². The third-order valence-electron chi connectivity index (χ3n) is 12.1.